The number of fused-ring (bicyclic) bond motifs is 1. The molecule has 4 aromatic rings. The van der Waals surface area contributed by atoms with Crippen LogP contribution in [0.15, 0.2) is 79.0 Å². The van der Waals surface area contributed by atoms with Crippen molar-refractivity contribution in [2.75, 3.05) is 13.2 Å². The molecule has 3 aromatic carbocycles. The molecular weight excluding hydrogens is 552 g/mol. The number of aliphatic hydroxyl groups excluding tert-OH is 1. The second kappa shape index (κ2) is 13.4. The maximum absolute atomic E-state index is 13.2. The lowest BCUT2D eigenvalue weighted by Gasteiger charge is -2.33. The van der Waals surface area contributed by atoms with Crippen LogP contribution in [0.3, 0.4) is 0 Å². The van der Waals surface area contributed by atoms with Gasteiger partial charge in [0.05, 0.1) is 24.8 Å². The van der Waals surface area contributed by atoms with Crippen LogP contribution in [-0.2, 0) is 15.9 Å². The van der Waals surface area contributed by atoms with Crippen LogP contribution in [0.5, 0.6) is 0 Å². The normalized spacial score (nSPS) is 12.9. The summed E-state index contributed by atoms with van der Waals surface area (Å²) < 4.78 is 10.9. The lowest BCUT2D eigenvalue weighted by Crippen LogP contribution is -2.45. The molecule has 8 heteroatoms. The molecule has 0 aliphatic rings. The Labute approximate surface area is 252 Å². The van der Waals surface area contributed by atoms with Gasteiger partial charge in [-0.05, 0) is 80.6 Å². The SMILES string of the molecule is CCOC(=O)c1cccc2c(-c3ccc(C[C@@H](C)N(C[C@@H](O)c4ccc(Cl)nc4)C(=O)OC(C)(C)C)cc3)cccc12. The van der Waals surface area contributed by atoms with Crippen molar-refractivity contribution in [1.29, 1.82) is 0 Å². The van der Waals surface area contributed by atoms with Crippen LogP contribution < -0.4 is 0 Å². The third-order valence-electron chi connectivity index (χ3n) is 6.88. The van der Waals surface area contributed by atoms with Crippen molar-refractivity contribution < 1.29 is 24.2 Å². The van der Waals surface area contributed by atoms with E-state index < -0.39 is 17.8 Å². The second-order valence-corrected chi connectivity index (χ2v) is 11.6. The number of aromatic nitrogens is 1. The molecule has 4 rings (SSSR count). The van der Waals surface area contributed by atoms with E-state index in [-0.39, 0.29) is 18.6 Å². The zero-order chi connectivity index (χ0) is 30.4. The van der Waals surface area contributed by atoms with Gasteiger partial charge in [0, 0.05) is 17.8 Å². The number of rotatable bonds is 9. The van der Waals surface area contributed by atoms with E-state index in [4.69, 9.17) is 21.1 Å². The van der Waals surface area contributed by atoms with Crippen LogP contribution in [-0.4, -0.2) is 51.8 Å². The molecule has 0 spiro atoms. The average Bonchev–Trinajstić information content (AvgIpc) is 2.95. The Kier molecular flexibility index (Phi) is 9.86. The van der Waals surface area contributed by atoms with Crippen molar-refractivity contribution >= 4 is 34.4 Å². The quantitative estimate of drug-likeness (QED) is 0.160. The van der Waals surface area contributed by atoms with Gasteiger partial charge in [-0.3, -0.25) is 0 Å². The zero-order valence-electron chi connectivity index (χ0n) is 24.6. The summed E-state index contributed by atoms with van der Waals surface area (Å²) in [5.41, 5.74) is 3.46. The molecule has 1 amide bonds. The molecule has 220 valence electrons. The molecule has 1 aromatic heterocycles. The highest BCUT2D eigenvalue weighted by Gasteiger charge is 2.28. The van der Waals surface area contributed by atoms with E-state index in [9.17, 15) is 14.7 Å². The van der Waals surface area contributed by atoms with Crippen LogP contribution in [0, 0.1) is 0 Å². The molecule has 0 aliphatic carbocycles. The fraction of sp³-hybridized carbons (Fsp3) is 0.324. The molecule has 0 bridgehead atoms. The molecule has 0 saturated heterocycles. The third kappa shape index (κ3) is 7.66. The van der Waals surface area contributed by atoms with Crippen molar-refractivity contribution in [3.63, 3.8) is 0 Å². The van der Waals surface area contributed by atoms with Crippen molar-refractivity contribution in [1.82, 2.24) is 9.88 Å². The Balaban J connectivity index is 1.56. The number of hydrogen-bond acceptors (Lipinski definition) is 6. The van der Waals surface area contributed by atoms with E-state index in [1.165, 1.54) is 6.20 Å². The van der Waals surface area contributed by atoms with Gasteiger partial charge in [-0.25, -0.2) is 14.6 Å². The molecule has 0 radical (unpaired) electrons. The molecule has 1 N–H and O–H groups in total. The van der Waals surface area contributed by atoms with E-state index in [0.29, 0.717) is 29.3 Å². The summed E-state index contributed by atoms with van der Waals surface area (Å²) >= 11 is 5.90. The minimum absolute atomic E-state index is 0.0380. The van der Waals surface area contributed by atoms with E-state index in [1.54, 1.807) is 30.0 Å². The van der Waals surface area contributed by atoms with Crippen molar-refractivity contribution in [2.24, 2.45) is 0 Å². The minimum Gasteiger partial charge on any atom is -0.462 e. The Morgan fingerprint density at radius 3 is 2.31 bits per heavy atom. The number of carbonyl (C=O) groups excluding carboxylic acids is 2. The lowest BCUT2D eigenvalue weighted by molar-refractivity contribution is 0.00542. The van der Waals surface area contributed by atoms with E-state index >= 15 is 0 Å². The van der Waals surface area contributed by atoms with Gasteiger partial charge in [0.15, 0.2) is 0 Å². The van der Waals surface area contributed by atoms with Crippen LogP contribution >= 0.6 is 11.6 Å². The number of halogens is 1. The van der Waals surface area contributed by atoms with Crippen molar-refractivity contribution in [3.05, 3.63) is 101 Å². The van der Waals surface area contributed by atoms with Gasteiger partial charge in [0.2, 0.25) is 0 Å². The number of benzene rings is 3. The van der Waals surface area contributed by atoms with Gasteiger partial charge in [0.25, 0.3) is 0 Å². The van der Waals surface area contributed by atoms with E-state index in [2.05, 4.69) is 4.98 Å². The van der Waals surface area contributed by atoms with Crippen molar-refractivity contribution in [2.45, 2.75) is 58.8 Å². The van der Waals surface area contributed by atoms with Crippen molar-refractivity contribution in [3.8, 4) is 11.1 Å². The zero-order valence-corrected chi connectivity index (χ0v) is 25.4. The number of amides is 1. The maximum Gasteiger partial charge on any atom is 0.410 e. The summed E-state index contributed by atoms with van der Waals surface area (Å²) in [7, 11) is 0. The van der Waals surface area contributed by atoms with E-state index in [1.807, 2.05) is 82.3 Å². The molecule has 0 saturated carbocycles. The number of pyridine rings is 1. The number of carbonyl (C=O) groups is 2. The number of nitrogens with zero attached hydrogens (tertiary/aromatic N) is 2. The summed E-state index contributed by atoms with van der Waals surface area (Å²) in [4.78, 5) is 31.3. The molecule has 0 unspecified atom stereocenters. The number of aliphatic hydroxyl groups is 1. The van der Waals surface area contributed by atoms with Gasteiger partial charge in [-0.1, -0.05) is 72.3 Å². The molecule has 1 heterocycles. The smallest absolute Gasteiger partial charge is 0.410 e. The highest BCUT2D eigenvalue weighted by atomic mass is 35.5. The van der Waals surface area contributed by atoms with Gasteiger partial charge < -0.3 is 19.5 Å². The Hall–Kier alpha value is -3.94. The summed E-state index contributed by atoms with van der Waals surface area (Å²) in [6.45, 7) is 9.53. The Morgan fingerprint density at radius 1 is 0.976 bits per heavy atom. The minimum atomic E-state index is -0.960. The fourth-order valence-electron chi connectivity index (χ4n) is 4.85. The Bertz CT molecular complexity index is 1530. The molecule has 0 fully saturated rings. The van der Waals surface area contributed by atoms with Crippen LogP contribution in [0.1, 0.15) is 62.2 Å². The first-order chi connectivity index (χ1) is 20.0. The number of esters is 1. The highest BCUT2D eigenvalue weighted by molar-refractivity contribution is 6.29. The van der Waals surface area contributed by atoms with Gasteiger partial charge >= 0.3 is 12.1 Å². The molecule has 0 aliphatic heterocycles. The van der Waals surface area contributed by atoms with E-state index in [0.717, 1.165) is 27.5 Å². The third-order valence-corrected chi connectivity index (χ3v) is 7.10. The first-order valence-electron chi connectivity index (χ1n) is 14.0. The predicted molar refractivity (Wildman–Crippen MR) is 166 cm³/mol. The summed E-state index contributed by atoms with van der Waals surface area (Å²) in [6, 6.07) is 22.7. The van der Waals surface area contributed by atoms with Crippen LogP contribution in [0.25, 0.3) is 21.9 Å². The lowest BCUT2D eigenvalue weighted by atomic mass is 9.94. The first-order valence-corrected chi connectivity index (χ1v) is 14.4. The molecular formula is C34H37ClN2O5. The predicted octanol–water partition coefficient (Wildman–Crippen LogP) is 7.63. The second-order valence-electron chi connectivity index (χ2n) is 11.2. The van der Waals surface area contributed by atoms with Gasteiger partial charge in [-0.2, -0.15) is 0 Å². The first kappa shape index (κ1) is 31.0. The monoisotopic (exact) mass is 588 g/mol. The van der Waals surface area contributed by atoms with Crippen LogP contribution in [0.4, 0.5) is 4.79 Å². The van der Waals surface area contributed by atoms with Gasteiger partial charge in [-0.15, -0.1) is 0 Å². The number of ether oxygens (including phenoxy) is 2. The standard InChI is InChI=1S/C34H37ClN2O5/c1-6-41-32(39)29-12-8-10-27-26(9-7-11-28(27)29)24-15-13-23(14-16-24)19-22(2)37(33(40)42-34(3,4)5)21-30(38)25-17-18-31(35)36-20-25/h7-18,20,22,30,38H,6,19,21H2,1-5H3/t22-,30-/m1/s1. The average molecular weight is 589 g/mol. The maximum atomic E-state index is 13.2. The topological polar surface area (TPSA) is 89.0 Å². The Morgan fingerprint density at radius 2 is 1.67 bits per heavy atom. The van der Waals surface area contributed by atoms with Gasteiger partial charge in [0.1, 0.15) is 10.8 Å². The summed E-state index contributed by atoms with van der Waals surface area (Å²) in [6.07, 6.45) is 0.596. The van der Waals surface area contributed by atoms with Crippen LogP contribution in [0.2, 0.25) is 5.15 Å². The number of hydrogen-bond donors (Lipinski definition) is 1. The summed E-state index contributed by atoms with van der Waals surface area (Å²) in [5.74, 6) is -0.337. The molecule has 7 nitrogen and oxygen atoms in total. The largest absolute Gasteiger partial charge is 0.462 e. The fourth-order valence-corrected chi connectivity index (χ4v) is 4.96. The highest BCUT2D eigenvalue weighted by Crippen LogP contribution is 2.31. The molecule has 42 heavy (non-hydrogen) atoms. The summed E-state index contributed by atoms with van der Waals surface area (Å²) in [5, 5.41) is 13.0. The molecule has 2 atom stereocenters.